The minimum Gasteiger partial charge on any atom is -0.398 e. The minimum atomic E-state index is -2.98. The number of anilines is 3. The quantitative estimate of drug-likeness (QED) is 0.109. The molecular weight excluding hydrogens is 649 g/mol. The van der Waals surface area contributed by atoms with E-state index in [1.807, 2.05) is 24.3 Å². The van der Waals surface area contributed by atoms with E-state index in [0.29, 0.717) is 54.6 Å². The molecule has 2 amide bonds. The van der Waals surface area contributed by atoms with E-state index >= 15 is 0 Å². The second-order valence-electron chi connectivity index (χ2n) is 13.7. The molecule has 11 nitrogen and oxygen atoms in total. The third kappa shape index (κ3) is 6.27. The summed E-state index contributed by atoms with van der Waals surface area (Å²) in [6.45, 7) is 7.74. The number of amides is 2. The van der Waals surface area contributed by atoms with Crippen LogP contribution in [0.25, 0.3) is 0 Å². The van der Waals surface area contributed by atoms with Crippen molar-refractivity contribution < 1.29 is 23.4 Å². The lowest BCUT2D eigenvalue weighted by Crippen LogP contribution is -2.73. The van der Waals surface area contributed by atoms with E-state index in [1.165, 1.54) is 16.6 Å². The third-order valence-electron chi connectivity index (χ3n) is 9.65. The van der Waals surface area contributed by atoms with Gasteiger partial charge in [-0.2, -0.15) is 5.26 Å². The van der Waals surface area contributed by atoms with Crippen LogP contribution in [0.5, 0.6) is 0 Å². The van der Waals surface area contributed by atoms with Gasteiger partial charge >= 0.3 is 6.03 Å². The molecular formula is C38H44N6O5Si. The number of hydrogen-bond donors (Lipinski definition) is 2. The van der Waals surface area contributed by atoms with Crippen LogP contribution in [0.4, 0.5) is 22.1 Å². The van der Waals surface area contributed by atoms with Gasteiger partial charge in [0, 0.05) is 64.6 Å². The average molecular weight is 693 g/mol. The Balaban J connectivity index is 1.43. The molecule has 50 heavy (non-hydrogen) atoms. The van der Waals surface area contributed by atoms with Crippen LogP contribution in [0.3, 0.4) is 0 Å². The van der Waals surface area contributed by atoms with Gasteiger partial charge in [-0.1, -0.05) is 87.5 Å². The van der Waals surface area contributed by atoms with E-state index < -0.39 is 20.2 Å². The molecule has 0 saturated heterocycles. The minimum absolute atomic E-state index is 0.190. The number of hydrogen-bond acceptors (Lipinski definition) is 9. The smallest absolute Gasteiger partial charge is 0.328 e. The van der Waals surface area contributed by atoms with Gasteiger partial charge in [0.05, 0.1) is 29.2 Å². The topological polar surface area (TPSA) is 131 Å². The molecule has 1 aliphatic carbocycles. The van der Waals surface area contributed by atoms with Gasteiger partial charge in [-0.05, 0) is 21.5 Å². The molecule has 3 aliphatic rings. The van der Waals surface area contributed by atoms with Crippen LogP contribution in [0.2, 0.25) is 5.04 Å². The standard InChI is InChI=1S/C38H44N6O5Si/c1-37(2,3)50(28-13-9-7-10-14-28,29-15-11-8-12-16-29)49-38-22-27(23-38)44(34-30(38)17-18-31(42-34)35(47-5)48-6)36(45)43-33-21-32(40-19-20-46-4)26(24-39)25-41-33/h7-18,21,25,27,35H,19-20,22-23H2,1-6H3,(H2,40,41,43,45). The predicted octanol–water partition coefficient (Wildman–Crippen LogP) is 5.68. The van der Waals surface area contributed by atoms with Crippen LogP contribution in [-0.4, -0.2) is 64.8 Å². The molecule has 2 aliphatic heterocycles. The zero-order chi connectivity index (χ0) is 35.5. The number of aromatic nitrogens is 2. The second-order valence-corrected chi connectivity index (χ2v) is 17.9. The Morgan fingerprint density at radius 3 is 2.22 bits per heavy atom. The fourth-order valence-corrected chi connectivity index (χ4v) is 12.1. The molecule has 2 bridgehead atoms. The maximum atomic E-state index is 14.2. The normalized spacial score (nSPS) is 18.2. The number of methoxy groups -OCH3 is 3. The Morgan fingerprint density at radius 2 is 1.66 bits per heavy atom. The van der Waals surface area contributed by atoms with Crippen LogP contribution in [0.15, 0.2) is 85.1 Å². The van der Waals surface area contributed by atoms with Crippen molar-refractivity contribution in [3.63, 3.8) is 0 Å². The Hall–Kier alpha value is -4.64. The van der Waals surface area contributed by atoms with Gasteiger partial charge in [0.15, 0.2) is 0 Å². The lowest BCUT2D eigenvalue weighted by atomic mass is 9.67. The van der Waals surface area contributed by atoms with Crippen molar-refractivity contribution in [1.82, 2.24) is 9.97 Å². The summed E-state index contributed by atoms with van der Waals surface area (Å²) < 4.78 is 24.1. The zero-order valence-electron chi connectivity index (χ0n) is 29.4. The summed E-state index contributed by atoms with van der Waals surface area (Å²) in [6.07, 6.45) is 1.92. The van der Waals surface area contributed by atoms with Crippen LogP contribution in [0.1, 0.15) is 56.7 Å². The van der Waals surface area contributed by atoms with Gasteiger partial charge in [0.1, 0.15) is 17.7 Å². The molecule has 2 N–H and O–H groups in total. The first-order chi connectivity index (χ1) is 24.1. The highest BCUT2D eigenvalue weighted by molar-refractivity contribution is 6.99. The van der Waals surface area contributed by atoms with E-state index in [1.54, 1.807) is 32.3 Å². The highest BCUT2D eigenvalue weighted by Gasteiger charge is 2.63. The number of carbonyl (C=O) groups excluding carboxylic acids is 1. The molecule has 1 saturated carbocycles. The predicted molar refractivity (Wildman–Crippen MR) is 195 cm³/mol. The summed E-state index contributed by atoms with van der Waals surface area (Å²) in [4.78, 5) is 25.3. The Kier molecular flexibility index (Phi) is 10.1. The van der Waals surface area contributed by atoms with E-state index in [2.05, 4.69) is 91.0 Å². The number of nitrogens with zero attached hydrogens (tertiary/aromatic N) is 4. The van der Waals surface area contributed by atoms with Gasteiger partial charge in [-0.25, -0.2) is 14.8 Å². The Bertz CT molecular complexity index is 1810. The monoisotopic (exact) mass is 692 g/mol. The number of rotatable bonds is 12. The van der Waals surface area contributed by atoms with Gasteiger partial charge < -0.3 is 24.0 Å². The van der Waals surface area contributed by atoms with Crippen molar-refractivity contribution in [2.75, 3.05) is 50.0 Å². The molecule has 0 spiro atoms. The molecule has 2 aromatic heterocycles. The summed E-state index contributed by atoms with van der Waals surface area (Å²) in [5.74, 6) is 0.796. The molecule has 260 valence electrons. The summed E-state index contributed by atoms with van der Waals surface area (Å²) in [5.41, 5.74) is 1.61. The number of carbonyl (C=O) groups is 1. The Morgan fingerprint density at radius 1 is 1.02 bits per heavy atom. The van der Waals surface area contributed by atoms with Gasteiger partial charge in [0.2, 0.25) is 6.29 Å². The van der Waals surface area contributed by atoms with Gasteiger partial charge in [0.25, 0.3) is 8.32 Å². The molecule has 4 aromatic rings. The number of nitriles is 1. The number of ether oxygens (including phenoxy) is 3. The van der Waals surface area contributed by atoms with E-state index in [9.17, 15) is 10.1 Å². The summed E-state index contributed by atoms with van der Waals surface area (Å²) in [6, 6.07) is 28.3. The van der Waals surface area contributed by atoms with E-state index in [-0.39, 0.29) is 17.1 Å². The average Bonchev–Trinajstić information content (AvgIpc) is 3.11. The fourth-order valence-electron chi connectivity index (χ4n) is 7.31. The molecule has 1 fully saturated rings. The molecule has 0 radical (unpaired) electrons. The number of urea groups is 1. The SMILES string of the molecule is COCCNc1cc(NC(=O)N2c3nc(C(OC)OC)ccc3C3(O[Si](c4ccccc4)(c4ccccc4)C(C)(C)C)CC2C3)ncc1C#N. The molecule has 0 atom stereocenters. The maximum absolute atomic E-state index is 14.2. The Labute approximate surface area is 294 Å². The van der Waals surface area contributed by atoms with Crippen molar-refractivity contribution in [2.45, 2.75) is 56.6 Å². The molecule has 12 heteroatoms. The third-order valence-corrected chi connectivity index (χ3v) is 14.7. The van der Waals surface area contributed by atoms with E-state index in [0.717, 1.165) is 5.56 Å². The molecule has 2 aromatic carbocycles. The van der Waals surface area contributed by atoms with Crippen LogP contribution >= 0.6 is 0 Å². The molecule has 7 rings (SSSR count). The molecule has 4 heterocycles. The van der Waals surface area contributed by atoms with Crippen molar-refractivity contribution in [2.24, 2.45) is 0 Å². The molecule has 0 unspecified atom stereocenters. The highest BCUT2D eigenvalue weighted by Crippen LogP contribution is 2.58. The van der Waals surface area contributed by atoms with Crippen molar-refractivity contribution in [1.29, 1.82) is 5.26 Å². The van der Waals surface area contributed by atoms with Crippen LogP contribution in [-0.2, 0) is 24.2 Å². The van der Waals surface area contributed by atoms with Crippen molar-refractivity contribution >= 4 is 42.0 Å². The number of nitrogens with one attached hydrogen (secondary N) is 2. The van der Waals surface area contributed by atoms with E-state index in [4.69, 9.17) is 23.6 Å². The lowest BCUT2D eigenvalue weighted by molar-refractivity contribution is -0.108. The van der Waals surface area contributed by atoms with Gasteiger partial charge in [-0.3, -0.25) is 10.2 Å². The van der Waals surface area contributed by atoms with Gasteiger partial charge in [-0.15, -0.1) is 0 Å². The van der Waals surface area contributed by atoms with Crippen LogP contribution < -0.4 is 25.9 Å². The summed E-state index contributed by atoms with van der Waals surface area (Å²) in [5, 5.41) is 17.9. The largest absolute Gasteiger partial charge is 0.398 e. The zero-order valence-corrected chi connectivity index (χ0v) is 30.4. The first-order valence-electron chi connectivity index (χ1n) is 16.7. The lowest BCUT2D eigenvalue weighted by Gasteiger charge is -2.60. The first-order valence-corrected chi connectivity index (χ1v) is 18.6. The fraction of sp³-hybridized carbons (Fsp3) is 0.368. The van der Waals surface area contributed by atoms with Crippen molar-refractivity contribution in [3.05, 3.63) is 102 Å². The maximum Gasteiger partial charge on any atom is 0.328 e. The van der Waals surface area contributed by atoms with Crippen molar-refractivity contribution in [3.8, 4) is 6.07 Å². The second kappa shape index (κ2) is 14.3. The summed E-state index contributed by atoms with van der Waals surface area (Å²) >= 11 is 0. The van der Waals surface area contributed by atoms with Crippen LogP contribution in [0, 0.1) is 11.3 Å². The first kappa shape index (κ1) is 35.2. The highest BCUT2D eigenvalue weighted by atomic mass is 28.4. The number of pyridine rings is 2. The number of benzene rings is 2. The summed E-state index contributed by atoms with van der Waals surface area (Å²) in [7, 11) is 1.74.